The molecular formula is C15H18FN. The fourth-order valence-electron chi connectivity index (χ4n) is 2.93. The van der Waals surface area contributed by atoms with Crippen molar-refractivity contribution >= 4 is 10.9 Å². The number of fused-ring (bicyclic) bond motifs is 1. The molecule has 0 spiro atoms. The average Bonchev–Trinajstić information content (AvgIpc) is 2.57. The van der Waals surface area contributed by atoms with E-state index in [9.17, 15) is 4.39 Å². The molecule has 1 nitrogen and oxygen atoms in total. The summed E-state index contributed by atoms with van der Waals surface area (Å²) in [6.07, 6.45) is 7.93. The average molecular weight is 231 g/mol. The SMILES string of the molecule is Fc1ccc2cc(C3CCCCCC3)[nH]c2c1. The number of halogens is 1. The second-order valence-corrected chi connectivity index (χ2v) is 5.14. The molecule has 1 N–H and O–H groups in total. The molecule has 3 rings (SSSR count). The van der Waals surface area contributed by atoms with Crippen LogP contribution in [0, 0.1) is 5.82 Å². The molecule has 1 aliphatic carbocycles. The normalized spacial score (nSPS) is 18.4. The van der Waals surface area contributed by atoms with Crippen LogP contribution in [0.3, 0.4) is 0 Å². The molecule has 17 heavy (non-hydrogen) atoms. The van der Waals surface area contributed by atoms with E-state index in [4.69, 9.17) is 0 Å². The van der Waals surface area contributed by atoms with Crippen molar-refractivity contribution in [1.29, 1.82) is 0 Å². The van der Waals surface area contributed by atoms with E-state index in [1.165, 1.54) is 50.3 Å². The summed E-state index contributed by atoms with van der Waals surface area (Å²) < 4.78 is 13.1. The smallest absolute Gasteiger partial charge is 0.125 e. The third-order valence-electron chi connectivity index (χ3n) is 3.90. The van der Waals surface area contributed by atoms with Crippen LogP contribution in [-0.2, 0) is 0 Å². The fraction of sp³-hybridized carbons (Fsp3) is 0.467. The van der Waals surface area contributed by atoms with Crippen molar-refractivity contribution in [2.24, 2.45) is 0 Å². The van der Waals surface area contributed by atoms with Gasteiger partial charge in [-0.3, -0.25) is 0 Å². The quantitative estimate of drug-likeness (QED) is 0.682. The van der Waals surface area contributed by atoms with Gasteiger partial charge in [0.15, 0.2) is 0 Å². The first-order chi connectivity index (χ1) is 8.33. The van der Waals surface area contributed by atoms with Crippen molar-refractivity contribution < 1.29 is 4.39 Å². The lowest BCUT2D eigenvalue weighted by Gasteiger charge is -2.11. The van der Waals surface area contributed by atoms with Crippen molar-refractivity contribution in [2.45, 2.75) is 44.4 Å². The summed E-state index contributed by atoms with van der Waals surface area (Å²) in [5, 5.41) is 1.13. The number of H-pyrrole nitrogens is 1. The van der Waals surface area contributed by atoms with Gasteiger partial charge in [-0.15, -0.1) is 0 Å². The molecule has 1 aromatic heterocycles. The molecule has 1 saturated carbocycles. The van der Waals surface area contributed by atoms with Gasteiger partial charge in [-0.25, -0.2) is 4.39 Å². The first kappa shape index (κ1) is 10.8. The Balaban J connectivity index is 1.93. The predicted molar refractivity (Wildman–Crippen MR) is 68.7 cm³/mol. The molecule has 1 fully saturated rings. The molecule has 1 heterocycles. The van der Waals surface area contributed by atoms with Gasteiger partial charge in [0.1, 0.15) is 5.82 Å². The number of rotatable bonds is 1. The monoisotopic (exact) mass is 231 g/mol. The van der Waals surface area contributed by atoms with Crippen LogP contribution in [0.4, 0.5) is 4.39 Å². The summed E-state index contributed by atoms with van der Waals surface area (Å²) in [6.45, 7) is 0. The number of aromatic amines is 1. The van der Waals surface area contributed by atoms with Gasteiger partial charge >= 0.3 is 0 Å². The molecule has 0 aliphatic heterocycles. The van der Waals surface area contributed by atoms with Crippen LogP contribution >= 0.6 is 0 Å². The molecular weight excluding hydrogens is 213 g/mol. The highest BCUT2D eigenvalue weighted by Crippen LogP contribution is 2.32. The maximum absolute atomic E-state index is 13.1. The third-order valence-corrected chi connectivity index (χ3v) is 3.90. The van der Waals surface area contributed by atoms with Gasteiger partial charge in [0.25, 0.3) is 0 Å². The molecule has 90 valence electrons. The maximum atomic E-state index is 13.1. The highest BCUT2D eigenvalue weighted by Gasteiger charge is 2.16. The zero-order valence-electron chi connectivity index (χ0n) is 10.0. The van der Waals surface area contributed by atoms with Crippen LogP contribution < -0.4 is 0 Å². The Kier molecular flexibility index (Phi) is 2.87. The third kappa shape index (κ3) is 2.21. The topological polar surface area (TPSA) is 15.8 Å². The van der Waals surface area contributed by atoms with E-state index in [1.54, 1.807) is 6.07 Å². The minimum Gasteiger partial charge on any atom is -0.358 e. The molecule has 1 aliphatic rings. The van der Waals surface area contributed by atoms with E-state index in [0.717, 1.165) is 10.9 Å². The van der Waals surface area contributed by atoms with E-state index in [1.807, 2.05) is 6.07 Å². The fourth-order valence-corrected chi connectivity index (χ4v) is 2.93. The van der Waals surface area contributed by atoms with Crippen molar-refractivity contribution in [2.75, 3.05) is 0 Å². The number of hydrogen-bond donors (Lipinski definition) is 1. The zero-order chi connectivity index (χ0) is 11.7. The van der Waals surface area contributed by atoms with E-state index < -0.39 is 0 Å². The van der Waals surface area contributed by atoms with Gasteiger partial charge in [0, 0.05) is 11.2 Å². The Morgan fingerprint density at radius 1 is 1.00 bits per heavy atom. The minimum atomic E-state index is -0.160. The zero-order valence-corrected chi connectivity index (χ0v) is 10.0. The van der Waals surface area contributed by atoms with Gasteiger partial charge in [-0.2, -0.15) is 0 Å². The van der Waals surface area contributed by atoms with Crippen LogP contribution in [0.15, 0.2) is 24.3 Å². The van der Waals surface area contributed by atoms with Crippen LogP contribution in [-0.4, -0.2) is 4.98 Å². The number of hydrogen-bond acceptors (Lipinski definition) is 0. The first-order valence-corrected chi connectivity index (χ1v) is 6.61. The van der Waals surface area contributed by atoms with Crippen LogP contribution in [0.5, 0.6) is 0 Å². The lowest BCUT2D eigenvalue weighted by atomic mass is 9.97. The van der Waals surface area contributed by atoms with Crippen molar-refractivity contribution in [3.05, 3.63) is 35.8 Å². The molecule has 1 aromatic carbocycles. The highest BCUT2D eigenvalue weighted by atomic mass is 19.1. The first-order valence-electron chi connectivity index (χ1n) is 6.61. The summed E-state index contributed by atoms with van der Waals surface area (Å²) in [5.74, 6) is 0.486. The second kappa shape index (κ2) is 4.52. The van der Waals surface area contributed by atoms with Gasteiger partial charge in [-0.1, -0.05) is 25.7 Å². The van der Waals surface area contributed by atoms with Crippen LogP contribution in [0.2, 0.25) is 0 Å². The van der Waals surface area contributed by atoms with E-state index in [2.05, 4.69) is 11.1 Å². The van der Waals surface area contributed by atoms with Gasteiger partial charge in [-0.05, 0) is 48.4 Å². The molecule has 2 heteroatoms. The number of benzene rings is 1. The highest BCUT2D eigenvalue weighted by molar-refractivity contribution is 5.80. The van der Waals surface area contributed by atoms with E-state index in [-0.39, 0.29) is 5.82 Å². The molecule has 2 aromatic rings. The summed E-state index contributed by atoms with van der Waals surface area (Å²) in [5.41, 5.74) is 2.23. The van der Waals surface area contributed by atoms with Crippen molar-refractivity contribution in [3.63, 3.8) is 0 Å². The molecule has 0 amide bonds. The second-order valence-electron chi connectivity index (χ2n) is 5.14. The molecule has 0 atom stereocenters. The van der Waals surface area contributed by atoms with Crippen LogP contribution in [0.1, 0.15) is 50.1 Å². The summed E-state index contributed by atoms with van der Waals surface area (Å²) in [4.78, 5) is 3.39. The predicted octanol–water partition coefficient (Wildman–Crippen LogP) is 4.74. The molecule has 0 saturated heterocycles. The Labute approximate surface area is 101 Å². The lowest BCUT2D eigenvalue weighted by molar-refractivity contribution is 0.581. The Hall–Kier alpha value is -1.31. The Morgan fingerprint density at radius 2 is 1.76 bits per heavy atom. The Morgan fingerprint density at radius 3 is 2.53 bits per heavy atom. The largest absolute Gasteiger partial charge is 0.358 e. The number of nitrogens with one attached hydrogen (secondary N) is 1. The summed E-state index contributed by atoms with van der Waals surface area (Å²) in [7, 11) is 0. The lowest BCUT2D eigenvalue weighted by Crippen LogP contribution is -1.96. The van der Waals surface area contributed by atoms with Crippen molar-refractivity contribution in [1.82, 2.24) is 4.98 Å². The summed E-state index contributed by atoms with van der Waals surface area (Å²) >= 11 is 0. The molecule has 0 unspecified atom stereocenters. The Bertz CT molecular complexity index is 507. The van der Waals surface area contributed by atoms with Crippen LogP contribution in [0.25, 0.3) is 10.9 Å². The van der Waals surface area contributed by atoms with Gasteiger partial charge < -0.3 is 4.98 Å². The van der Waals surface area contributed by atoms with Gasteiger partial charge in [0.2, 0.25) is 0 Å². The minimum absolute atomic E-state index is 0.160. The summed E-state index contributed by atoms with van der Waals surface area (Å²) in [6, 6.07) is 7.19. The molecule has 0 bridgehead atoms. The standard InChI is InChI=1S/C15H18FN/c16-13-8-7-12-9-14(17-15(12)10-13)11-5-3-1-2-4-6-11/h7-11,17H,1-6H2. The number of aromatic nitrogens is 1. The van der Waals surface area contributed by atoms with E-state index in [0.29, 0.717) is 5.92 Å². The molecule has 0 radical (unpaired) electrons. The maximum Gasteiger partial charge on any atom is 0.125 e. The van der Waals surface area contributed by atoms with Crippen molar-refractivity contribution in [3.8, 4) is 0 Å². The van der Waals surface area contributed by atoms with Gasteiger partial charge in [0.05, 0.1) is 0 Å². The van der Waals surface area contributed by atoms with E-state index >= 15 is 0 Å².